The van der Waals surface area contributed by atoms with Crippen LogP contribution in [0.1, 0.15) is 6.92 Å². The van der Waals surface area contributed by atoms with E-state index in [-0.39, 0.29) is 0 Å². The summed E-state index contributed by atoms with van der Waals surface area (Å²) in [6, 6.07) is 10.3. The molecule has 1 atom stereocenters. The molecule has 0 N–H and O–H groups in total. The molecule has 0 saturated carbocycles. The lowest BCUT2D eigenvalue weighted by molar-refractivity contribution is 0.198. The van der Waals surface area contributed by atoms with Crippen LogP contribution in [0.25, 0.3) is 0 Å². The van der Waals surface area contributed by atoms with Gasteiger partial charge in [-0.05, 0) is 33.2 Å². The monoisotopic (exact) mass is 179 g/mol. The van der Waals surface area contributed by atoms with Crippen molar-refractivity contribution < 1.29 is 4.74 Å². The van der Waals surface area contributed by atoms with Gasteiger partial charge in [0.1, 0.15) is 12.4 Å². The van der Waals surface area contributed by atoms with Crippen LogP contribution in [0, 0.1) is 0 Å². The van der Waals surface area contributed by atoms with Gasteiger partial charge in [-0.3, -0.25) is 0 Å². The van der Waals surface area contributed by atoms with Crippen molar-refractivity contribution >= 4 is 0 Å². The van der Waals surface area contributed by atoms with Crippen LogP contribution >= 0.6 is 0 Å². The molecular formula is C11H17NO. The summed E-state index contributed by atoms with van der Waals surface area (Å²) in [4.78, 5) is 2.14. The Kier molecular flexibility index (Phi) is 3.77. The second-order valence-electron chi connectivity index (χ2n) is 3.44. The van der Waals surface area contributed by atoms with E-state index in [1.165, 1.54) is 0 Å². The lowest BCUT2D eigenvalue weighted by Gasteiger charge is -2.19. The van der Waals surface area contributed by atoms with Gasteiger partial charge in [0.25, 0.3) is 0 Å². The summed E-state index contributed by atoms with van der Waals surface area (Å²) < 4.78 is 5.59. The topological polar surface area (TPSA) is 12.5 Å². The van der Waals surface area contributed by atoms with Gasteiger partial charge in [-0.1, -0.05) is 18.2 Å². The van der Waals surface area contributed by atoms with E-state index in [0.717, 1.165) is 12.4 Å². The fourth-order valence-corrected chi connectivity index (χ4v) is 0.883. The molecule has 2 heteroatoms. The van der Waals surface area contributed by atoms with Crippen LogP contribution in [0.4, 0.5) is 0 Å². The first-order chi connectivity index (χ1) is 6.20. The van der Waals surface area contributed by atoms with E-state index in [0.29, 0.717) is 6.04 Å². The van der Waals surface area contributed by atoms with Gasteiger partial charge < -0.3 is 9.64 Å². The van der Waals surface area contributed by atoms with Crippen molar-refractivity contribution in [2.45, 2.75) is 13.0 Å². The normalized spacial score (nSPS) is 12.9. The molecule has 13 heavy (non-hydrogen) atoms. The van der Waals surface area contributed by atoms with Crippen LogP contribution in [0.2, 0.25) is 0 Å². The van der Waals surface area contributed by atoms with E-state index >= 15 is 0 Å². The molecule has 0 aliphatic carbocycles. The van der Waals surface area contributed by atoms with Crippen molar-refractivity contribution in [1.29, 1.82) is 0 Å². The second kappa shape index (κ2) is 4.87. The van der Waals surface area contributed by atoms with Crippen LogP contribution in [0.5, 0.6) is 5.75 Å². The van der Waals surface area contributed by atoms with Crippen molar-refractivity contribution in [2.24, 2.45) is 0 Å². The van der Waals surface area contributed by atoms with E-state index in [2.05, 4.69) is 25.9 Å². The van der Waals surface area contributed by atoms with Crippen molar-refractivity contribution in [3.63, 3.8) is 0 Å². The third-order valence-electron chi connectivity index (χ3n) is 2.12. The number of ether oxygens (including phenoxy) is 1. The smallest absolute Gasteiger partial charge is 0.119 e. The molecule has 1 aromatic carbocycles. The molecule has 0 aliphatic heterocycles. The summed E-state index contributed by atoms with van der Waals surface area (Å²) in [7, 11) is 4.11. The molecule has 0 bridgehead atoms. The molecule has 0 spiro atoms. The average molecular weight is 179 g/mol. The van der Waals surface area contributed by atoms with Gasteiger partial charge in [-0.15, -0.1) is 0 Å². The zero-order valence-corrected chi connectivity index (χ0v) is 8.53. The molecule has 0 aliphatic rings. The van der Waals surface area contributed by atoms with E-state index < -0.39 is 0 Å². The zero-order valence-electron chi connectivity index (χ0n) is 8.53. The van der Waals surface area contributed by atoms with Crippen LogP contribution < -0.4 is 4.74 Å². The number of hydrogen-bond donors (Lipinski definition) is 0. The molecule has 1 aromatic rings. The number of hydrogen-bond acceptors (Lipinski definition) is 2. The van der Waals surface area contributed by atoms with Gasteiger partial charge in [0.2, 0.25) is 0 Å². The molecule has 0 fully saturated rings. The van der Waals surface area contributed by atoms with Gasteiger partial charge in [-0.2, -0.15) is 0 Å². The summed E-state index contributed by atoms with van der Waals surface area (Å²) in [6.07, 6.45) is 0. The van der Waals surface area contributed by atoms with E-state index in [1.54, 1.807) is 0 Å². The van der Waals surface area contributed by atoms with Gasteiger partial charge in [0, 0.05) is 6.04 Å². The molecule has 0 aromatic heterocycles. The van der Waals surface area contributed by atoms with E-state index in [1.807, 2.05) is 30.3 Å². The van der Waals surface area contributed by atoms with Gasteiger partial charge in [0.05, 0.1) is 0 Å². The van der Waals surface area contributed by atoms with Crippen LogP contribution in [-0.4, -0.2) is 31.6 Å². The number of para-hydroxylation sites is 1. The summed E-state index contributed by atoms with van der Waals surface area (Å²) in [5.74, 6) is 0.941. The highest BCUT2D eigenvalue weighted by Gasteiger charge is 2.04. The Morgan fingerprint density at radius 1 is 1.23 bits per heavy atom. The summed E-state index contributed by atoms with van der Waals surface area (Å²) in [6.45, 7) is 2.87. The number of rotatable bonds is 4. The van der Waals surface area contributed by atoms with Crippen molar-refractivity contribution in [1.82, 2.24) is 4.90 Å². The number of benzene rings is 1. The first kappa shape index (κ1) is 10.1. The molecule has 1 rings (SSSR count). The Labute approximate surface area is 80.1 Å². The summed E-state index contributed by atoms with van der Waals surface area (Å²) in [5, 5.41) is 0. The quantitative estimate of drug-likeness (QED) is 0.701. The Balaban J connectivity index is 2.35. The third-order valence-corrected chi connectivity index (χ3v) is 2.12. The standard InChI is InChI=1S/C11H17NO/c1-10(12(2)3)9-13-11-7-5-4-6-8-11/h4-8,10H,9H2,1-3H3/t10-/m1/s1. The predicted molar refractivity (Wildman–Crippen MR) is 55.1 cm³/mol. The Morgan fingerprint density at radius 2 is 1.85 bits per heavy atom. The van der Waals surface area contributed by atoms with Crippen molar-refractivity contribution in [3.8, 4) is 5.75 Å². The first-order valence-corrected chi connectivity index (χ1v) is 4.54. The molecule has 0 unspecified atom stereocenters. The maximum Gasteiger partial charge on any atom is 0.119 e. The van der Waals surface area contributed by atoms with E-state index in [9.17, 15) is 0 Å². The minimum atomic E-state index is 0.445. The largest absolute Gasteiger partial charge is 0.492 e. The zero-order chi connectivity index (χ0) is 9.68. The number of nitrogens with zero attached hydrogens (tertiary/aromatic N) is 1. The van der Waals surface area contributed by atoms with Crippen LogP contribution in [0.15, 0.2) is 30.3 Å². The van der Waals surface area contributed by atoms with Gasteiger partial charge in [-0.25, -0.2) is 0 Å². The maximum absolute atomic E-state index is 5.59. The predicted octanol–water partition coefficient (Wildman–Crippen LogP) is 2.02. The molecule has 2 nitrogen and oxygen atoms in total. The lowest BCUT2D eigenvalue weighted by Crippen LogP contribution is -2.30. The fourth-order valence-electron chi connectivity index (χ4n) is 0.883. The van der Waals surface area contributed by atoms with Crippen LogP contribution in [0.3, 0.4) is 0 Å². The van der Waals surface area contributed by atoms with Gasteiger partial charge in [0.15, 0.2) is 0 Å². The number of likely N-dealkylation sites (N-methyl/N-ethyl adjacent to an activating group) is 1. The second-order valence-corrected chi connectivity index (χ2v) is 3.44. The third kappa shape index (κ3) is 3.47. The van der Waals surface area contributed by atoms with Gasteiger partial charge >= 0.3 is 0 Å². The highest BCUT2D eigenvalue weighted by molar-refractivity contribution is 5.20. The molecule has 0 radical (unpaired) electrons. The Morgan fingerprint density at radius 3 is 2.38 bits per heavy atom. The summed E-state index contributed by atoms with van der Waals surface area (Å²) >= 11 is 0. The average Bonchev–Trinajstić information content (AvgIpc) is 2.15. The van der Waals surface area contributed by atoms with E-state index in [4.69, 9.17) is 4.74 Å². The highest BCUT2D eigenvalue weighted by atomic mass is 16.5. The Bertz CT molecular complexity index is 233. The molecule has 72 valence electrons. The molecule has 0 heterocycles. The lowest BCUT2D eigenvalue weighted by atomic mass is 10.3. The maximum atomic E-state index is 5.59. The highest BCUT2D eigenvalue weighted by Crippen LogP contribution is 2.08. The minimum Gasteiger partial charge on any atom is -0.492 e. The van der Waals surface area contributed by atoms with Crippen molar-refractivity contribution in [3.05, 3.63) is 30.3 Å². The molecule has 0 amide bonds. The molecular weight excluding hydrogens is 162 g/mol. The first-order valence-electron chi connectivity index (χ1n) is 4.54. The summed E-state index contributed by atoms with van der Waals surface area (Å²) in [5.41, 5.74) is 0. The van der Waals surface area contributed by atoms with Crippen LogP contribution in [-0.2, 0) is 0 Å². The minimum absolute atomic E-state index is 0.445. The Hall–Kier alpha value is -1.02. The van der Waals surface area contributed by atoms with Crippen molar-refractivity contribution in [2.75, 3.05) is 20.7 Å². The molecule has 0 saturated heterocycles. The SMILES string of the molecule is C[C@H](COc1ccccc1)N(C)C. The fraction of sp³-hybridized carbons (Fsp3) is 0.455.